The molecule has 15 heavy (non-hydrogen) atoms. The highest BCUT2D eigenvalue weighted by Gasteiger charge is 2.06. The molecule has 0 unspecified atom stereocenters. The number of hydrogen-bond donors (Lipinski definition) is 1. The number of rotatable bonds is 1. The molecule has 1 heterocycles. The smallest absolute Gasteiger partial charge is 0.0400 e. The Morgan fingerprint density at radius 2 is 1.73 bits per heavy atom. The molecule has 2 heteroatoms. The van der Waals surface area contributed by atoms with Crippen LogP contribution in [0.5, 0.6) is 0 Å². The van der Waals surface area contributed by atoms with Gasteiger partial charge in [0.2, 0.25) is 0 Å². The number of nitrogens with two attached hydrogens (primary N) is 1. The van der Waals surface area contributed by atoms with Crippen LogP contribution in [0.1, 0.15) is 5.56 Å². The van der Waals surface area contributed by atoms with Gasteiger partial charge in [-0.15, -0.1) is 11.3 Å². The molecular formula is C13H11NS. The third kappa shape index (κ3) is 1.26. The van der Waals surface area contributed by atoms with Gasteiger partial charge in [-0.1, -0.05) is 36.4 Å². The minimum atomic E-state index is 0.615. The lowest BCUT2D eigenvalue weighted by molar-refractivity contribution is 1.09. The molecule has 0 aliphatic carbocycles. The molecule has 0 aliphatic heterocycles. The summed E-state index contributed by atoms with van der Waals surface area (Å²) in [7, 11) is 0. The Balaban J connectivity index is 2.53. The topological polar surface area (TPSA) is 26.0 Å². The van der Waals surface area contributed by atoms with Gasteiger partial charge in [0.1, 0.15) is 0 Å². The highest BCUT2D eigenvalue weighted by atomic mass is 32.1. The fourth-order valence-corrected chi connectivity index (χ4v) is 3.19. The van der Waals surface area contributed by atoms with E-state index in [4.69, 9.17) is 5.73 Å². The van der Waals surface area contributed by atoms with Gasteiger partial charge in [-0.2, -0.15) is 0 Å². The van der Waals surface area contributed by atoms with Gasteiger partial charge in [-0.05, 0) is 11.6 Å². The van der Waals surface area contributed by atoms with Crippen molar-refractivity contribution in [1.82, 2.24) is 0 Å². The van der Waals surface area contributed by atoms with Gasteiger partial charge in [-0.3, -0.25) is 0 Å². The molecule has 0 aliphatic rings. The van der Waals surface area contributed by atoms with Gasteiger partial charge in [0.25, 0.3) is 0 Å². The van der Waals surface area contributed by atoms with Crippen LogP contribution in [0, 0.1) is 0 Å². The Labute approximate surface area is 92.1 Å². The van der Waals surface area contributed by atoms with Gasteiger partial charge in [0.15, 0.2) is 0 Å². The predicted molar refractivity (Wildman–Crippen MR) is 67.2 cm³/mol. The SMILES string of the molecule is NCc1cccc2c1sc1ccccc12. The van der Waals surface area contributed by atoms with Gasteiger partial charge in [0, 0.05) is 26.7 Å². The largest absolute Gasteiger partial charge is 0.326 e. The van der Waals surface area contributed by atoms with Crippen LogP contribution in [0.3, 0.4) is 0 Å². The fourth-order valence-electron chi connectivity index (χ4n) is 1.97. The third-order valence-electron chi connectivity index (χ3n) is 2.71. The zero-order chi connectivity index (χ0) is 10.3. The van der Waals surface area contributed by atoms with E-state index in [1.807, 2.05) is 11.3 Å². The van der Waals surface area contributed by atoms with Crippen molar-refractivity contribution in [3.63, 3.8) is 0 Å². The lowest BCUT2D eigenvalue weighted by Gasteiger charge is -1.97. The van der Waals surface area contributed by atoms with E-state index in [0.29, 0.717) is 6.54 Å². The molecule has 0 spiro atoms. The van der Waals surface area contributed by atoms with E-state index < -0.39 is 0 Å². The minimum absolute atomic E-state index is 0.615. The molecule has 0 saturated carbocycles. The number of hydrogen-bond acceptors (Lipinski definition) is 2. The molecule has 2 N–H and O–H groups in total. The second-order valence-corrected chi connectivity index (χ2v) is 4.65. The molecule has 1 nitrogen and oxygen atoms in total. The summed E-state index contributed by atoms with van der Waals surface area (Å²) in [5.41, 5.74) is 6.99. The molecule has 0 radical (unpaired) electrons. The summed E-state index contributed by atoms with van der Waals surface area (Å²) in [4.78, 5) is 0. The van der Waals surface area contributed by atoms with Crippen molar-refractivity contribution < 1.29 is 0 Å². The third-order valence-corrected chi connectivity index (χ3v) is 3.97. The van der Waals surface area contributed by atoms with Crippen molar-refractivity contribution in [2.45, 2.75) is 6.54 Å². The van der Waals surface area contributed by atoms with Gasteiger partial charge >= 0.3 is 0 Å². The maximum atomic E-state index is 5.74. The normalized spacial score (nSPS) is 11.3. The summed E-state index contributed by atoms with van der Waals surface area (Å²) in [6, 6.07) is 14.9. The Kier molecular flexibility index (Phi) is 1.97. The molecule has 0 bridgehead atoms. The molecule has 0 fully saturated rings. The number of benzene rings is 2. The summed E-state index contributed by atoms with van der Waals surface area (Å²) in [6.45, 7) is 0.615. The standard InChI is InChI=1S/C13H11NS/c14-8-9-4-3-6-11-10-5-1-2-7-12(10)15-13(9)11/h1-7H,8,14H2. The van der Waals surface area contributed by atoms with Crippen molar-refractivity contribution in [2.75, 3.05) is 0 Å². The zero-order valence-electron chi connectivity index (χ0n) is 8.23. The highest BCUT2D eigenvalue weighted by Crippen LogP contribution is 2.35. The van der Waals surface area contributed by atoms with Crippen molar-refractivity contribution in [3.8, 4) is 0 Å². The fraction of sp³-hybridized carbons (Fsp3) is 0.0769. The first-order valence-corrected chi connectivity index (χ1v) is 5.81. The lowest BCUT2D eigenvalue weighted by atomic mass is 10.1. The Hall–Kier alpha value is -1.38. The first-order valence-electron chi connectivity index (χ1n) is 4.99. The predicted octanol–water partition coefficient (Wildman–Crippen LogP) is 3.51. The molecular weight excluding hydrogens is 202 g/mol. The van der Waals surface area contributed by atoms with Crippen LogP contribution in [0.4, 0.5) is 0 Å². The Morgan fingerprint density at radius 3 is 2.60 bits per heavy atom. The van der Waals surface area contributed by atoms with E-state index >= 15 is 0 Å². The van der Waals surface area contributed by atoms with Crippen molar-refractivity contribution in [1.29, 1.82) is 0 Å². The number of fused-ring (bicyclic) bond motifs is 3. The minimum Gasteiger partial charge on any atom is -0.326 e. The van der Waals surface area contributed by atoms with Gasteiger partial charge in [-0.25, -0.2) is 0 Å². The van der Waals surface area contributed by atoms with E-state index in [1.54, 1.807) is 0 Å². The average molecular weight is 213 g/mol. The maximum Gasteiger partial charge on any atom is 0.0400 e. The molecule has 2 aromatic carbocycles. The van der Waals surface area contributed by atoms with E-state index in [-0.39, 0.29) is 0 Å². The van der Waals surface area contributed by atoms with Crippen LogP contribution in [0.2, 0.25) is 0 Å². The highest BCUT2D eigenvalue weighted by molar-refractivity contribution is 7.26. The van der Waals surface area contributed by atoms with E-state index in [0.717, 1.165) is 0 Å². The van der Waals surface area contributed by atoms with E-state index in [9.17, 15) is 0 Å². The van der Waals surface area contributed by atoms with Crippen LogP contribution >= 0.6 is 11.3 Å². The second-order valence-electron chi connectivity index (χ2n) is 3.60. The van der Waals surface area contributed by atoms with Crippen LogP contribution in [0.25, 0.3) is 20.2 Å². The van der Waals surface area contributed by atoms with Crippen LogP contribution in [0.15, 0.2) is 42.5 Å². The molecule has 0 atom stereocenters. The van der Waals surface area contributed by atoms with Gasteiger partial charge < -0.3 is 5.73 Å². The monoisotopic (exact) mass is 213 g/mol. The zero-order valence-corrected chi connectivity index (χ0v) is 9.05. The molecule has 0 saturated heterocycles. The van der Waals surface area contributed by atoms with Crippen molar-refractivity contribution in [3.05, 3.63) is 48.0 Å². The average Bonchev–Trinajstić information content (AvgIpc) is 2.67. The lowest BCUT2D eigenvalue weighted by Crippen LogP contribution is -1.95. The molecule has 74 valence electrons. The van der Waals surface area contributed by atoms with Crippen LogP contribution in [-0.4, -0.2) is 0 Å². The second kappa shape index (κ2) is 3.33. The summed E-state index contributed by atoms with van der Waals surface area (Å²) in [5, 5.41) is 2.67. The molecule has 0 amide bonds. The van der Waals surface area contributed by atoms with Crippen LogP contribution in [-0.2, 0) is 6.54 Å². The first-order chi connectivity index (χ1) is 7.40. The number of thiophene rings is 1. The Morgan fingerprint density at radius 1 is 0.933 bits per heavy atom. The Bertz CT molecular complexity index is 625. The maximum absolute atomic E-state index is 5.74. The van der Waals surface area contributed by atoms with Gasteiger partial charge in [0.05, 0.1) is 0 Å². The first kappa shape index (κ1) is 8.89. The summed E-state index contributed by atoms with van der Waals surface area (Å²) in [5.74, 6) is 0. The summed E-state index contributed by atoms with van der Waals surface area (Å²) in [6.07, 6.45) is 0. The molecule has 3 rings (SSSR count). The quantitative estimate of drug-likeness (QED) is 0.657. The summed E-state index contributed by atoms with van der Waals surface area (Å²) >= 11 is 1.83. The van der Waals surface area contributed by atoms with Crippen molar-refractivity contribution >= 4 is 31.5 Å². The molecule has 3 aromatic rings. The van der Waals surface area contributed by atoms with Crippen molar-refractivity contribution in [2.24, 2.45) is 5.73 Å². The van der Waals surface area contributed by atoms with Crippen LogP contribution < -0.4 is 5.73 Å². The van der Waals surface area contributed by atoms with E-state index in [1.165, 1.54) is 25.7 Å². The summed E-state index contributed by atoms with van der Waals surface area (Å²) < 4.78 is 2.68. The van der Waals surface area contributed by atoms with E-state index in [2.05, 4.69) is 42.5 Å². The molecule has 1 aromatic heterocycles.